The molecule has 0 aliphatic carbocycles. The molecular formula is C18H25N3O3S. The van der Waals surface area contributed by atoms with Crippen molar-refractivity contribution < 1.29 is 14.3 Å². The molecule has 1 aromatic carbocycles. The lowest BCUT2D eigenvalue weighted by molar-refractivity contribution is -0.128. The zero-order valence-corrected chi connectivity index (χ0v) is 15.5. The van der Waals surface area contributed by atoms with E-state index in [1.165, 1.54) is 0 Å². The minimum absolute atomic E-state index is 0.0921. The van der Waals surface area contributed by atoms with Gasteiger partial charge >= 0.3 is 0 Å². The van der Waals surface area contributed by atoms with Gasteiger partial charge in [-0.25, -0.2) is 0 Å². The largest absolute Gasteiger partial charge is 0.454 e. The SMILES string of the molecule is CN1CCN(CCCN2C(=O)CS[C@@H]2c2ccc3c(c2)OCO3)CC1. The van der Waals surface area contributed by atoms with Crippen LogP contribution in [-0.4, -0.2) is 79.5 Å². The molecule has 3 aliphatic rings. The van der Waals surface area contributed by atoms with Crippen LogP contribution in [0.3, 0.4) is 0 Å². The maximum Gasteiger partial charge on any atom is 0.233 e. The molecule has 0 bridgehead atoms. The first-order chi connectivity index (χ1) is 12.2. The number of hydrogen-bond donors (Lipinski definition) is 0. The molecule has 4 rings (SSSR count). The molecule has 0 spiro atoms. The number of fused-ring (bicyclic) bond motifs is 1. The van der Waals surface area contributed by atoms with E-state index in [-0.39, 0.29) is 18.1 Å². The number of amides is 1. The van der Waals surface area contributed by atoms with Crippen LogP contribution in [0.25, 0.3) is 0 Å². The standard InChI is InChI=1S/C18H25N3O3S/c1-19-7-9-20(10-8-19)5-2-6-21-17(22)12-25-18(21)14-3-4-15-16(11-14)24-13-23-15/h3-4,11,18H,2,5-10,12-13H2,1H3/t18-/m1/s1. The molecule has 1 amide bonds. The van der Waals surface area contributed by atoms with Crippen LogP contribution in [0.2, 0.25) is 0 Å². The van der Waals surface area contributed by atoms with E-state index >= 15 is 0 Å². The normalized spacial score (nSPS) is 24.3. The maximum absolute atomic E-state index is 12.3. The second-order valence-electron chi connectivity index (χ2n) is 6.86. The highest BCUT2D eigenvalue weighted by molar-refractivity contribution is 8.00. The molecule has 0 aromatic heterocycles. The highest BCUT2D eigenvalue weighted by Crippen LogP contribution is 2.42. The lowest BCUT2D eigenvalue weighted by Crippen LogP contribution is -2.45. The molecule has 0 saturated carbocycles. The van der Waals surface area contributed by atoms with Gasteiger partial charge in [0.05, 0.1) is 5.75 Å². The highest BCUT2D eigenvalue weighted by atomic mass is 32.2. The predicted molar refractivity (Wildman–Crippen MR) is 98.0 cm³/mol. The summed E-state index contributed by atoms with van der Waals surface area (Å²) in [4.78, 5) is 19.2. The number of piperazine rings is 1. The molecular weight excluding hydrogens is 338 g/mol. The quantitative estimate of drug-likeness (QED) is 0.792. The number of benzene rings is 1. The third kappa shape index (κ3) is 3.73. The molecule has 0 N–H and O–H groups in total. The third-order valence-electron chi connectivity index (χ3n) is 5.12. The van der Waals surface area contributed by atoms with Crippen molar-refractivity contribution in [2.24, 2.45) is 0 Å². The van der Waals surface area contributed by atoms with E-state index < -0.39 is 0 Å². The van der Waals surface area contributed by atoms with Gasteiger partial charge in [-0.1, -0.05) is 6.07 Å². The van der Waals surface area contributed by atoms with Gasteiger partial charge in [-0.15, -0.1) is 11.8 Å². The van der Waals surface area contributed by atoms with Crippen LogP contribution in [0.4, 0.5) is 0 Å². The molecule has 0 radical (unpaired) electrons. The molecule has 3 heterocycles. The second-order valence-corrected chi connectivity index (χ2v) is 7.93. The van der Waals surface area contributed by atoms with Gasteiger partial charge < -0.3 is 24.2 Å². The van der Waals surface area contributed by atoms with Gasteiger partial charge in [-0.2, -0.15) is 0 Å². The van der Waals surface area contributed by atoms with Crippen molar-refractivity contribution in [2.75, 3.05) is 58.9 Å². The lowest BCUT2D eigenvalue weighted by Gasteiger charge is -2.33. The summed E-state index contributed by atoms with van der Waals surface area (Å²) in [7, 11) is 2.17. The molecule has 3 aliphatic heterocycles. The van der Waals surface area contributed by atoms with Gasteiger partial charge in [0.25, 0.3) is 0 Å². The minimum atomic E-state index is 0.0921. The van der Waals surface area contributed by atoms with Gasteiger partial charge in [0.2, 0.25) is 12.7 Å². The van der Waals surface area contributed by atoms with Gasteiger partial charge in [-0.05, 0) is 37.7 Å². The first-order valence-electron chi connectivity index (χ1n) is 8.92. The smallest absolute Gasteiger partial charge is 0.233 e. The van der Waals surface area contributed by atoms with Gasteiger partial charge in [0.1, 0.15) is 5.37 Å². The fraction of sp³-hybridized carbons (Fsp3) is 0.611. The lowest BCUT2D eigenvalue weighted by atomic mass is 10.1. The number of hydrogen-bond acceptors (Lipinski definition) is 6. The van der Waals surface area contributed by atoms with Crippen LogP contribution >= 0.6 is 11.8 Å². The number of thioether (sulfide) groups is 1. The average molecular weight is 363 g/mol. The summed E-state index contributed by atoms with van der Waals surface area (Å²) in [5.74, 6) is 2.38. The third-order valence-corrected chi connectivity index (χ3v) is 6.38. The Balaban J connectivity index is 1.35. The fourth-order valence-corrected chi connectivity index (χ4v) is 4.78. The first kappa shape index (κ1) is 17.0. The summed E-state index contributed by atoms with van der Waals surface area (Å²) in [5, 5.41) is 0.0921. The monoisotopic (exact) mass is 363 g/mol. The van der Waals surface area contributed by atoms with Crippen LogP contribution in [0.1, 0.15) is 17.4 Å². The summed E-state index contributed by atoms with van der Waals surface area (Å²) in [6.45, 7) is 6.70. The number of nitrogens with zero attached hydrogens (tertiary/aromatic N) is 3. The Kier molecular flexibility index (Phi) is 5.05. The van der Waals surface area contributed by atoms with Crippen LogP contribution < -0.4 is 9.47 Å². The number of ether oxygens (including phenoxy) is 2. The Morgan fingerprint density at radius 1 is 1.12 bits per heavy atom. The summed E-state index contributed by atoms with van der Waals surface area (Å²) < 4.78 is 10.9. The number of carbonyl (C=O) groups is 1. The van der Waals surface area contributed by atoms with Crippen molar-refractivity contribution in [2.45, 2.75) is 11.8 Å². The van der Waals surface area contributed by atoms with E-state index in [2.05, 4.69) is 22.9 Å². The Morgan fingerprint density at radius 3 is 2.76 bits per heavy atom. The van der Waals surface area contributed by atoms with Crippen molar-refractivity contribution in [3.05, 3.63) is 23.8 Å². The summed E-state index contributed by atoms with van der Waals surface area (Å²) in [6, 6.07) is 6.02. The molecule has 1 atom stereocenters. The van der Waals surface area contributed by atoms with Crippen molar-refractivity contribution in [1.82, 2.24) is 14.7 Å². The fourth-order valence-electron chi connectivity index (χ4n) is 3.57. The molecule has 136 valence electrons. The van der Waals surface area contributed by atoms with E-state index in [1.54, 1.807) is 11.8 Å². The van der Waals surface area contributed by atoms with Crippen LogP contribution in [0, 0.1) is 0 Å². The molecule has 0 unspecified atom stereocenters. The highest BCUT2D eigenvalue weighted by Gasteiger charge is 2.33. The van der Waals surface area contributed by atoms with E-state index in [0.29, 0.717) is 5.75 Å². The molecule has 6 nitrogen and oxygen atoms in total. The van der Waals surface area contributed by atoms with Crippen molar-refractivity contribution in [1.29, 1.82) is 0 Å². The number of likely N-dealkylation sites (N-methyl/N-ethyl adjacent to an activating group) is 1. The van der Waals surface area contributed by atoms with Gasteiger partial charge in [-0.3, -0.25) is 4.79 Å². The maximum atomic E-state index is 12.3. The zero-order valence-electron chi connectivity index (χ0n) is 14.6. The van der Waals surface area contributed by atoms with Crippen molar-refractivity contribution in [3.8, 4) is 11.5 Å². The Labute approximate surface area is 153 Å². The second kappa shape index (κ2) is 7.43. The molecule has 25 heavy (non-hydrogen) atoms. The number of rotatable bonds is 5. The number of carbonyl (C=O) groups excluding carboxylic acids is 1. The summed E-state index contributed by atoms with van der Waals surface area (Å²) in [6.07, 6.45) is 1.02. The molecule has 1 aromatic rings. The van der Waals surface area contributed by atoms with Crippen LogP contribution in [-0.2, 0) is 4.79 Å². The van der Waals surface area contributed by atoms with Gasteiger partial charge in [0.15, 0.2) is 11.5 Å². The van der Waals surface area contributed by atoms with E-state index in [0.717, 1.165) is 62.8 Å². The summed E-state index contributed by atoms with van der Waals surface area (Å²) >= 11 is 1.70. The van der Waals surface area contributed by atoms with E-state index in [1.807, 2.05) is 17.0 Å². The summed E-state index contributed by atoms with van der Waals surface area (Å²) in [5.41, 5.74) is 1.12. The van der Waals surface area contributed by atoms with E-state index in [9.17, 15) is 4.79 Å². The molecule has 2 saturated heterocycles. The molecule has 2 fully saturated rings. The van der Waals surface area contributed by atoms with Crippen LogP contribution in [0.15, 0.2) is 18.2 Å². The predicted octanol–water partition coefficient (Wildman–Crippen LogP) is 1.63. The molecule has 7 heteroatoms. The average Bonchev–Trinajstić information content (AvgIpc) is 3.23. The van der Waals surface area contributed by atoms with Crippen LogP contribution in [0.5, 0.6) is 11.5 Å². The first-order valence-corrected chi connectivity index (χ1v) is 9.97. The van der Waals surface area contributed by atoms with E-state index in [4.69, 9.17) is 9.47 Å². The van der Waals surface area contributed by atoms with Crippen molar-refractivity contribution >= 4 is 17.7 Å². The minimum Gasteiger partial charge on any atom is -0.454 e. The Hall–Kier alpha value is -1.44. The van der Waals surface area contributed by atoms with Crippen molar-refractivity contribution in [3.63, 3.8) is 0 Å². The zero-order chi connectivity index (χ0) is 17.2. The topological polar surface area (TPSA) is 45.2 Å². The Morgan fingerprint density at radius 2 is 1.92 bits per heavy atom. The Bertz CT molecular complexity index is 634. The van der Waals surface area contributed by atoms with Gasteiger partial charge in [0, 0.05) is 32.7 Å².